The lowest BCUT2D eigenvalue weighted by Crippen LogP contribution is -2.48. The zero-order chi connectivity index (χ0) is 17.3. The van der Waals surface area contributed by atoms with Crippen molar-refractivity contribution < 1.29 is 4.79 Å². The number of likely N-dealkylation sites (tertiary alicyclic amines) is 1. The Morgan fingerprint density at radius 3 is 2.80 bits per heavy atom. The fourth-order valence-electron chi connectivity index (χ4n) is 4.91. The SMILES string of the molecule is CC1(C)C2CN(c3cc(Cl)cc4[nH]ncc34)CC2CN1C(=O)C1CC1. The fourth-order valence-corrected chi connectivity index (χ4v) is 5.12. The van der Waals surface area contributed by atoms with E-state index in [2.05, 4.69) is 33.8 Å². The molecular formula is C19H23ClN4O. The second kappa shape index (κ2) is 5.13. The molecule has 132 valence electrons. The Morgan fingerprint density at radius 1 is 1.28 bits per heavy atom. The van der Waals surface area contributed by atoms with Crippen molar-refractivity contribution in [3.8, 4) is 0 Å². The summed E-state index contributed by atoms with van der Waals surface area (Å²) in [6.45, 7) is 7.31. The second-order valence-electron chi connectivity index (χ2n) is 8.40. The maximum Gasteiger partial charge on any atom is 0.226 e. The van der Waals surface area contributed by atoms with Gasteiger partial charge in [0.2, 0.25) is 5.91 Å². The van der Waals surface area contributed by atoms with E-state index >= 15 is 0 Å². The van der Waals surface area contributed by atoms with Crippen LogP contribution in [-0.2, 0) is 4.79 Å². The quantitative estimate of drug-likeness (QED) is 0.896. The van der Waals surface area contributed by atoms with Crippen LogP contribution in [0.15, 0.2) is 18.3 Å². The molecule has 2 saturated heterocycles. The third kappa shape index (κ3) is 2.28. The van der Waals surface area contributed by atoms with Crippen LogP contribution in [0.2, 0.25) is 5.02 Å². The van der Waals surface area contributed by atoms with E-state index in [0.29, 0.717) is 23.7 Å². The van der Waals surface area contributed by atoms with Crippen molar-refractivity contribution in [2.75, 3.05) is 24.5 Å². The molecule has 3 fully saturated rings. The van der Waals surface area contributed by atoms with Gasteiger partial charge in [-0.3, -0.25) is 9.89 Å². The van der Waals surface area contributed by atoms with Gasteiger partial charge < -0.3 is 9.80 Å². The summed E-state index contributed by atoms with van der Waals surface area (Å²) in [5, 5.41) is 9.04. The van der Waals surface area contributed by atoms with Gasteiger partial charge in [0.05, 0.1) is 11.7 Å². The molecule has 1 aromatic carbocycles. The Morgan fingerprint density at radius 2 is 2.08 bits per heavy atom. The number of benzene rings is 1. The van der Waals surface area contributed by atoms with Crippen molar-refractivity contribution in [1.82, 2.24) is 15.1 Å². The Hall–Kier alpha value is -1.75. The van der Waals surface area contributed by atoms with Crippen molar-refractivity contribution in [3.05, 3.63) is 23.4 Å². The average Bonchev–Trinajstić information content (AvgIpc) is 3.06. The van der Waals surface area contributed by atoms with E-state index in [1.807, 2.05) is 18.3 Å². The number of halogens is 1. The Bertz CT molecular complexity index is 856. The minimum Gasteiger partial charge on any atom is -0.370 e. The van der Waals surface area contributed by atoms with Gasteiger partial charge in [0.1, 0.15) is 0 Å². The van der Waals surface area contributed by atoms with E-state index in [9.17, 15) is 4.79 Å². The number of nitrogens with zero attached hydrogens (tertiary/aromatic N) is 3. The number of amides is 1. The summed E-state index contributed by atoms with van der Waals surface area (Å²) in [5.74, 6) is 1.70. The molecule has 1 saturated carbocycles. The summed E-state index contributed by atoms with van der Waals surface area (Å²) in [7, 11) is 0. The minimum absolute atomic E-state index is 0.0762. The molecule has 25 heavy (non-hydrogen) atoms. The number of anilines is 1. The Kier molecular flexibility index (Phi) is 3.18. The van der Waals surface area contributed by atoms with Crippen LogP contribution in [-0.4, -0.2) is 46.2 Å². The van der Waals surface area contributed by atoms with Crippen molar-refractivity contribution in [2.45, 2.75) is 32.2 Å². The molecule has 2 aliphatic heterocycles. The first-order valence-corrected chi connectivity index (χ1v) is 9.52. The molecular weight excluding hydrogens is 336 g/mol. The smallest absolute Gasteiger partial charge is 0.226 e. The highest BCUT2D eigenvalue weighted by Crippen LogP contribution is 2.47. The monoisotopic (exact) mass is 358 g/mol. The average molecular weight is 359 g/mol. The highest BCUT2D eigenvalue weighted by Gasteiger charge is 2.55. The molecule has 5 rings (SSSR count). The minimum atomic E-state index is -0.0762. The molecule has 0 spiro atoms. The maximum atomic E-state index is 12.7. The lowest BCUT2D eigenvalue weighted by atomic mass is 9.84. The van der Waals surface area contributed by atoms with Gasteiger partial charge in [-0.25, -0.2) is 0 Å². The molecule has 1 N–H and O–H groups in total. The molecule has 2 unspecified atom stereocenters. The fraction of sp³-hybridized carbons (Fsp3) is 0.579. The van der Waals surface area contributed by atoms with Gasteiger partial charge in [-0.1, -0.05) is 11.6 Å². The van der Waals surface area contributed by atoms with Crippen LogP contribution in [0.25, 0.3) is 10.9 Å². The van der Waals surface area contributed by atoms with E-state index in [1.165, 1.54) is 0 Å². The van der Waals surface area contributed by atoms with Crippen LogP contribution in [0.4, 0.5) is 5.69 Å². The topological polar surface area (TPSA) is 52.2 Å². The normalized spacial score (nSPS) is 28.0. The zero-order valence-electron chi connectivity index (χ0n) is 14.6. The number of aromatic nitrogens is 2. The lowest BCUT2D eigenvalue weighted by Gasteiger charge is -2.37. The molecule has 0 bridgehead atoms. The van der Waals surface area contributed by atoms with E-state index in [0.717, 1.165) is 54.1 Å². The van der Waals surface area contributed by atoms with Crippen molar-refractivity contribution >= 4 is 34.1 Å². The van der Waals surface area contributed by atoms with Gasteiger partial charge >= 0.3 is 0 Å². The molecule has 0 radical (unpaired) electrons. The van der Waals surface area contributed by atoms with Crippen molar-refractivity contribution in [3.63, 3.8) is 0 Å². The Labute approximate surface area is 152 Å². The number of H-pyrrole nitrogens is 1. The Balaban J connectivity index is 1.44. The van der Waals surface area contributed by atoms with Gasteiger partial charge in [-0.15, -0.1) is 0 Å². The first-order chi connectivity index (χ1) is 11.9. The molecule has 1 amide bonds. The molecule has 5 nitrogen and oxygen atoms in total. The third-order valence-electron chi connectivity index (χ3n) is 6.50. The molecule has 1 aliphatic carbocycles. The number of hydrogen-bond acceptors (Lipinski definition) is 3. The predicted molar refractivity (Wildman–Crippen MR) is 98.8 cm³/mol. The summed E-state index contributed by atoms with van der Waals surface area (Å²) >= 11 is 6.32. The summed E-state index contributed by atoms with van der Waals surface area (Å²) < 4.78 is 0. The van der Waals surface area contributed by atoms with Crippen molar-refractivity contribution in [1.29, 1.82) is 0 Å². The number of aromatic amines is 1. The van der Waals surface area contributed by atoms with Crippen LogP contribution < -0.4 is 4.90 Å². The van der Waals surface area contributed by atoms with E-state index in [-0.39, 0.29) is 5.54 Å². The maximum absolute atomic E-state index is 12.7. The summed E-state index contributed by atoms with van der Waals surface area (Å²) in [4.78, 5) is 17.3. The van der Waals surface area contributed by atoms with Crippen LogP contribution in [0.1, 0.15) is 26.7 Å². The van der Waals surface area contributed by atoms with Gasteiger partial charge in [0.15, 0.2) is 0 Å². The molecule has 2 aromatic rings. The number of fused-ring (bicyclic) bond motifs is 2. The summed E-state index contributed by atoms with van der Waals surface area (Å²) in [6.07, 6.45) is 4.03. The lowest BCUT2D eigenvalue weighted by molar-refractivity contribution is -0.136. The summed E-state index contributed by atoms with van der Waals surface area (Å²) in [6, 6.07) is 3.96. The van der Waals surface area contributed by atoms with Gasteiger partial charge in [0.25, 0.3) is 0 Å². The van der Waals surface area contributed by atoms with E-state index < -0.39 is 0 Å². The zero-order valence-corrected chi connectivity index (χ0v) is 15.4. The molecule has 6 heteroatoms. The highest BCUT2D eigenvalue weighted by atomic mass is 35.5. The number of carbonyl (C=O) groups is 1. The van der Waals surface area contributed by atoms with Crippen LogP contribution in [0.5, 0.6) is 0 Å². The second-order valence-corrected chi connectivity index (χ2v) is 8.84. The first kappa shape index (κ1) is 15.5. The van der Waals surface area contributed by atoms with Crippen LogP contribution >= 0.6 is 11.6 Å². The third-order valence-corrected chi connectivity index (χ3v) is 6.71. The number of hydrogen-bond donors (Lipinski definition) is 1. The van der Waals surface area contributed by atoms with Crippen molar-refractivity contribution in [2.24, 2.45) is 17.8 Å². The van der Waals surface area contributed by atoms with E-state index in [1.54, 1.807) is 0 Å². The predicted octanol–water partition coefficient (Wildman–Crippen LogP) is 3.30. The molecule has 3 aliphatic rings. The molecule has 1 aromatic heterocycles. The first-order valence-electron chi connectivity index (χ1n) is 9.14. The van der Waals surface area contributed by atoms with Gasteiger partial charge in [-0.2, -0.15) is 5.10 Å². The van der Waals surface area contributed by atoms with E-state index in [4.69, 9.17) is 11.6 Å². The number of carbonyl (C=O) groups excluding carboxylic acids is 1. The summed E-state index contributed by atoms with van der Waals surface area (Å²) in [5.41, 5.74) is 2.05. The molecule has 3 heterocycles. The standard InChI is InChI=1S/C19H23ClN4O/c1-19(2)15-10-23(8-12(15)9-24(19)18(25)11-3-4-11)17-6-13(20)5-16-14(17)7-21-22-16/h5-7,11-12,15H,3-4,8-10H2,1-2H3,(H,21,22). The number of rotatable bonds is 2. The van der Waals surface area contributed by atoms with Gasteiger partial charge in [0, 0.05) is 59.0 Å². The highest BCUT2D eigenvalue weighted by molar-refractivity contribution is 6.31. The number of nitrogens with one attached hydrogen (secondary N) is 1. The van der Waals surface area contributed by atoms with Gasteiger partial charge in [-0.05, 0) is 38.8 Å². The van der Waals surface area contributed by atoms with Crippen LogP contribution in [0, 0.1) is 17.8 Å². The molecule has 2 atom stereocenters. The largest absolute Gasteiger partial charge is 0.370 e. The van der Waals surface area contributed by atoms with Crippen LogP contribution in [0.3, 0.4) is 0 Å².